The molecule has 0 bridgehead atoms. The molecule has 0 radical (unpaired) electrons. The lowest BCUT2D eigenvalue weighted by Crippen LogP contribution is -2.36. The Morgan fingerprint density at radius 1 is 1.14 bits per heavy atom. The molecular weight excluding hydrogens is 368 g/mol. The number of benzene rings is 2. The molecule has 2 rings (SSSR count). The number of carbonyl (C=O) groups excluding carboxylic acids is 2. The van der Waals surface area contributed by atoms with Crippen LogP contribution in [0.25, 0.3) is 0 Å². The van der Waals surface area contributed by atoms with E-state index in [1.54, 1.807) is 37.5 Å². The van der Waals surface area contributed by atoms with E-state index in [1.165, 1.54) is 0 Å². The Balaban J connectivity index is 1.93. The first kappa shape index (κ1) is 22.0. The van der Waals surface area contributed by atoms with Gasteiger partial charge >= 0.3 is 6.03 Å². The van der Waals surface area contributed by atoms with E-state index in [9.17, 15) is 9.59 Å². The number of nitrogens with zero attached hydrogens (tertiary/aromatic N) is 1. The fourth-order valence-electron chi connectivity index (χ4n) is 2.78. The fourth-order valence-corrected chi connectivity index (χ4v) is 2.78. The van der Waals surface area contributed by atoms with E-state index < -0.39 is 0 Å². The van der Waals surface area contributed by atoms with E-state index >= 15 is 0 Å². The number of ether oxygens (including phenoxy) is 1. The molecule has 3 N–H and O–H groups in total. The van der Waals surface area contributed by atoms with Crippen molar-refractivity contribution >= 4 is 17.6 Å². The second-order valence-corrected chi connectivity index (χ2v) is 6.67. The van der Waals surface area contributed by atoms with E-state index in [0.29, 0.717) is 24.3 Å². The highest BCUT2D eigenvalue weighted by Gasteiger charge is 2.16. The van der Waals surface area contributed by atoms with Gasteiger partial charge in [-0.15, -0.1) is 6.58 Å². The molecule has 0 heterocycles. The molecule has 0 aromatic heterocycles. The van der Waals surface area contributed by atoms with Gasteiger partial charge in [0, 0.05) is 24.3 Å². The molecule has 7 heteroatoms. The first-order valence-electron chi connectivity index (χ1n) is 9.29. The third-order valence-electron chi connectivity index (χ3n) is 4.37. The number of rotatable bonds is 9. The highest BCUT2D eigenvalue weighted by Crippen LogP contribution is 2.22. The molecule has 0 aliphatic rings. The molecule has 7 nitrogen and oxygen atoms in total. The first-order chi connectivity index (χ1) is 13.9. The molecule has 0 aliphatic heterocycles. The molecule has 0 saturated heterocycles. The minimum atomic E-state index is -0.316. The maximum atomic E-state index is 12.3. The van der Waals surface area contributed by atoms with E-state index in [1.807, 2.05) is 43.3 Å². The minimum absolute atomic E-state index is 0.00761. The van der Waals surface area contributed by atoms with Crippen LogP contribution in [0.1, 0.15) is 22.0 Å². The maximum absolute atomic E-state index is 12.3. The number of nitrogens with one attached hydrogen (secondary N) is 3. The summed E-state index contributed by atoms with van der Waals surface area (Å²) in [4.78, 5) is 26.2. The molecule has 2 aromatic carbocycles. The number of carbonyl (C=O) groups is 2. The second-order valence-electron chi connectivity index (χ2n) is 6.67. The molecule has 3 amide bonds. The summed E-state index contributed by atoms with van der Waals surface area (Å²) >= 11 is 0. The highest BCUT2D eigenvalue weighted by molar-refractivity contribution is 5.95. The predicted octanol–water partition coefficient (Wildman–Crippen LogP) is 3.04. The smallest absolute Gasteiger partial charge is 0.319 e. The molecule has 29 heavy (non-hydrogen) atoms. The Morgan fingerprint density at radius 2 is 1.86 bits per heavy atom. The van der Waals surface area contributed by atoms with Crippen molar-refractivity contribution in [2.75, 3.05) is 39.6 Å². The monoisotopic (exact) mass is 396 g/mol. The van der Waals surface area contributed by atoms with Gasteiger partial charge in [0.15, 0.2) is 0 Å². The molecule has 0 saturated carbocycles. The van der Waals surface area contributed by atoms with Crippen molar-refractivity contribution in [2.24, 2.45) is 0 Å². The Bertz CT molecular complexity index is 834. The van der Waals surface area contributed by atoms with Gasteiger partial charge in [-0.25, -0.2) is 4.79 Å². The van der Waals surface area contributed by atoms with Gasteiger partial charge in [-0.3, -0.25) is 4.79 Å². The Labute approximate surface area is 171 Å². The number of urea groups is 1. The standard InChI is InChI=1S/C22H28N4O3/c1-5-13-23-21(27)16-9-11-18(12-10-16)25-22(28)24-15-20(26(2)3)17-7-6-8-19(14-17)29-4/h5-12,14,20H,1,13,15H2,2-4H3,(H,23,27)(H2,24,25,28). The van der Waals surface area contributed by atoms with Crippen molar-refractivity contribution in [2.45, 2.75) is 6.04 Å². The van der Waals surface area contributed by atoms with Gasteiger partial charge in [0.05, 0.1) is 13.2 Å². The van der Waals surface area contributed by atoms with Crippen molar-refractivity contribution in [1.82, 2.24) is 15.5 Å². The average molecular weight is 396 g/mol. The van der Waals surface area contributed by atoms with Gasteiger partial charge in [0.25, 0.3) is 5.91 Å². The van der Waals surface area contributed by atoms with Crippen LogP contribution in [-0.4, -0.2) is 51.1 Å². The first-order valence-corrected chi connectivity index (χ1v) is 9.29. The molecule has 1 unspecified atom stereocenters. The van der Waals surface area contributed by atoms with Crippen molar-refractivity contribution in [1.29, 1.82) is 0 Å². The zero-order chi connectivity index (χ0) is 21.2. The zero-order valence-electron chi connectivity index (χ0n) is 17.1. The van der Waals surface area contributed by atoms with Crippen LogP contribution >= 0.6 is 0 Å². The number of hydrogen-bond donors (Lipinski definition) is 3. The van der Waals surface area contributed by atoms with Crippen molar-refractivity contribution in [3.05, 3.63) is 72.3 Å². The van der Waals surface area contributed by atoms with Crippen LogP contribution < -0.4 is 20.7 Å². The van der Waals surface area contributed by atoms with Crippen LogP contribution in [0, 0.1) is 0 Å². The summed E-state index contributed by atoms with van der Waals surface area (Å²) in [6.07, 6.45) is 1.62. The Kier molecular flexibility index (Phi) is 8.24. The molecule has 2 aromatic rings. The van der Waals surface area contributed by atoms with Crippen LogP contribution in [-0.2, 0) is 0 Å². The largest absolute Gasteiger partial charge is 0.497 e. The lowest BCUT2D eigenvalue weighted by atomic mass is 10.1. The predicted molar refractivity (Wildman–Crippen MR) is 115 cm³/mol. The molecule has 0 fully saturated rings. The lowest BCUT2D eigenvalue weighted by molar-refractivity contribution is 0.0958. The quantitative estimate of drug-likeness (QED) is 0.569. The summed E-state index contributed by atoms with van der Waals surface area (Å²) in [6, 6.07) is 14.1. The molecular formula is C22H28N4O3. The Morgan fingerprint density at radius 3 is 2.48 bits per heavy atom. The molecule has 1 atom stereocenters. The van der Waals surface area contributed by atoms with Gasteiger partial charge in [-0.05, 0) is 56.1 Å². The summed E-state index contributed by atoms with van der Waals surface area (Å²) in [6.45, 7) is 4.39. The zero-order valence-corrected chi connectivity index (χ0v) is 17.1. The number of anilines is 1. The van der Waals surface area contributed by atoms with E-state index in [2.05, 4.69) is 22.5 Å². The third kappa shape index (κ3) is 6.65. The van der Waals surface area contributed by atoms with Gasteiger partial charge in [0.2, 0.25) is 0 Å². The van der Waals surface area contributed by atoms with E-state index in [0.717, 1.165) is 11.3 Å². The van der Waals surface area contributed by atoms with Gasteiger partial charge in [-0.1, -0.05) is 18.2 Å². The Hall–Kier alpha value is -3.32. The number of likely N-dealkylation sites (N-methyl/N-ethyl adjacent to an activating group) is 1. The maximum Gasteiger partial charge on any atom is 0.319 e. The summed E-state index contributed by atoms with van der Waals surface area (Å²) in [5.74, 6) is 0.587. The number of amides is 3. The van der Waals surface area contributed by atoms with Crippen molar-refractivity contribution < 1.29 is 14.3 Å². The van der Waals surface area contributed by atoms with E-state index in [4.69, 9.17) is 4.74 Å². The topological polar surface area (TPSA) is 82.7 Å². The minimum Gasteiger partial charge on any atom is -0.497 e. The second kappa shape index (κ2) is 10.9. The normalized spacial score (nSPS) is 11.4. The number of methoxy groups -OCH3 is 1. The van der Waals surface area contributed by atoms with Gasteiger partial charge in [-0.2, -0.15) is 0 Å². The highest BCUT2D eigenvalue weighted by atomic mass is 16.5. The van der Waals surface area contributed by atoms with Crippen LogP contribution in [0.5, 0.6) is 5.75 Å². The summed E-state index contributed by atoms with van der Waals surface area (Å²) in [5.41, 5.74) is 2.17. The lowest BCUT2D eigenvalue weighted by Gasteiger charge is -2.25. The third-order valence-corrected chi connectivity index (χ3v) is 4.37. The molecule has 154 valence electrons. The summed E-state index contributed by atoms with van der Waals surface area (Å²) in [7, 11) is 5.55. The summed E-state index contributed by atoms with van der Waals surface area (Å²) < 4.78 is 5.29. The van der Waals surface area contributed by atoms with Crippen molar-refractivity contribution in [3.8, 4) is 5.75 Å². The average Bonchev–Trinajstić information content (AvgIpc) is 2.72. The van der Waals surface area contributed by atoms with Crippen LogP contribution in [0.4, 0.5) is 10.5 Å². The van der Waals surface area contributed by atoms with Gasteiger partial charge < -0.3 is 25.6 Å². The van der Waals surface area contributed by atoms with Gasteiger partial charge in [0.1, 0.15) is 5.75 Å². The SMILES string of the molecule is C=CCNC(=O)c1ccc(NC(=O)NCC(c2cccc(OC)c2)N(C)C)cc1. The molecule has 0 spiro atoms. The number of hydrogen-bond acceptors (Lipinski definition) is 4. The summed E-state index contributed by atoms with van der Waals surface area (Å²) in [5, 5.41) is 8.37. The van der Waals surface area contributed by atoms with Crippen LogP contribution in [0.3, 0.4) is 0 Å². The molecule has 0 aliphatic carbocycles. The van der Waals surface area contributed by atoms with Crippen LogP contribution in [0.15, 0.2) is 61.2 Å². The van der Waals surface area contributed by atoms with Crippen molar-refractivity contribution in [3.63, 3.8) is 0 Å². The fraction of sp³-hybridized carbons (Fsp3) is 0.273. The van der Waals surface area contributed by atoms with E-state index in [-0.39, 0.29) is 18.0 Å². The van der Waals surface area contributed by atoms with Crippen LogP contribution in [0.2, 0.25) is 0 Å².